The van der Waals surface area contributed by atoms with E-state index in [0.717, 1.165) is 12.1 Å². The lowest BCUT2D eigenvalue weighted by Gasteiger charge is -2.46. The molecule has 13 heavy (non-hydrogen) atoms. The fourth-order valence-corrected chi connectivity index (χ4v) is 2.92. The molecule has 2 atom stereocenters. The van der Waals surface area contributed by atoms with Crippen molar-refractivity contribution in [3.05, 3.63) is 0 Å². The highest BCUT2D eigenvalue weighted by atomic mass is 15.3. The monoisotopic (exact) mass is 182 g/mol. The second-order valence-corrected chi connectivity index (χ2v) is 5.42. The van der Waals surface area contributed by atoms with Gasteiger partial charge in [-0.05, 0) is 33.6 Å². The van der Waals surface area contributed by atoms with E-state index in [-0.39, 0.29) is 0 Å². The molecule has 2 aliphatic rings. The molecule has 2 fully saturated rings. The lowest BCUT2D eigenvalue weighted by atomic mass is 9.98. The molecule has 0 amide bonds. The van der Waals surface area contributed by atoms with Gasteiger partial charge in [0.2, 0.25) is 0 Å². The normalized spacial score (nSPS) is 36.2. The Labute approximate surface area is 81.7 Å². The predicted octanol–water partition coefficient (Wildman–Crippen LogP) is 1.61. The maximum Gasteiger partial charge on any atom is 0.0255 e. The van der Waals surface area contributed by atoms with Gasteiger partial charge in [0.05, 0.1) is 0 Å². The van der Waals surface area contributed by atoms with Crippen molar-refractivity contribution in [1.82, 2.24) is 10.2 Å². The molecule has 1 heterocycles. The molecule has 1 aliphatic heterocycles. The fraction of sp³-hybridized carbons (Fsp3) is 1.00. The lowest BCUT2D eigenvalue weighted by molar-refractivity contribution is 0.0466. The van der Waals surface area contributed by atoms with Gasteiger partial charge in [0.25, 0.3) is 0 Å². The van der Waals surface area contributed by atoms with Crippen LogP contribution >= 0.6 is 0 Å². The summed E-state index contributed by atoms with van der Waals surface area (Å²) in [5, 5.41) is 3.64. The van der Waals surface area contributed by atoms with Crippen LogP contribution in [0, 0.1) is 0 Å². The molecule has 0 bridgehead atoms. The van der Waals surface area contributed by atoms with Crippen molar-refractivity contribution in [1.29, 1.82) is 0 Å². The minimum Gasteiger partial charge on any atom is -0.311 e. The summed E-state index contributed by atoms with van der Waals surface area (Å²) in [6.45, 7) is 9.43. The average Bonchev–Trinajstić information content (AvgIpc) is 2.48. The Balaban J connectivity index is 2.10. The number of hydrogen-bond acceptors (Lipinski definition) is 2. The van der Waals surface area contributed by atoms with Crippen LogP contribution in [0.1, 0.15) is 40.0 Å². The predicted molar refractivity (Wildman–Crippen MR) is 55.9 cm³/mol. The average molecular weight is 182 g/mol. The van der Waals surface area contributed by atoms with E-state index in [9.17, 15) is 0 Å². The number of nitrogens with one attached hydrogen (secondary N) is 1. The Hall–Kier alpha value is -0.0800. The number of fused-ring (bicyclic) bond motifs is 1. The Bertz CT molecular complexity index is 183. The van der Waals surface area contributed by atoms with Gasteiger partial charge < -0.3 is 5.32 Å². The number of hydrogen-bond donors (Lipinski definition) is 1. The van der Waals surface area contributed by atoms with Crippen LogP contribution in [-0.4, -0.2) is 35.6 Å². The zero-order valence-electron chi connectivity index (χ0n) is 9.14. The van der Waals surface area contributed by atoms with Crippen LogP contribution in [0.3, 0.4) is 0 Å². The number of nitrogens with zero attached hydrogens (tertiary/aromatic N) is 1. The maximum atomic E-state index is 3.64. The summed E-state index contributed by atoms with van der Waals surface area (Å²) in [7, 11) is 0. The van der Waals surface area contributed by atoms with Gasteiger partial charge in [-0.1, -0.05) is 6.42 Å². The van der Waals surface area contributed by atoms with Gasteiger partial charge in [0.15, 0.2) is 0 Å². The highest BCUT2D eigenvalue weighted by molar-refractivity contribution is 4.97. The topological polar surface area (TPSA) is 15.3 Å². The molecular formula is C11H22N2. The van der Waals surface area contributed by atoms with Crippen LogP contribution in [0.15, 0.2) is 0 Å². The molecule has 1 saturated heterocycles. The molecular weight excluding hydrogens is 160 g/mol. The molecule has 2 nitrogen and oxygen atoms in total. The van der Waals surface area contributed by atoms with Gasteiger partial charge in [-0.3, -0.25) is 4.90 Å². The molecule has 1 N–H and O–H groups in total. The third kappa shape index (κ3) is 1.75. The molecule has 0 spiro atoms. The Kier molecular flexibility index (Phi) is 2.37. The van der Waals surface area contributed by atoms with Crippen molar-refractivity contribution in [2.24, 2.45) is 0 Å². The minimum absolute atomic E-state index is 0.357. The van der Waals surface area contributed by atoms with Gasteiger partial charge in [-0.2, -0.15) is 0 Å². The SMILES string of the molecule is CC(C)(C)N1CCNC2CCCC21. The molecule has 1 saturated carbocycles. The van der Waals surface area contributed by atoms with E-state index < -0.39 is 0 Å². The van der Waals surface area contributed by atoms with Gasteiger partial charge in [0, 0.05) is 30.7 Å². The number of piperazine rings is 1. The van der Waals surface area contributed by atoms with Crippen LogP contribution in [0.5, 0.6) is 0 Å². The summed E-state index contributed by atoms with van der Waals surface area (Å²) in [6.07, 6.45) is 4.20. The van der Waals surface area contributed by atoms with Crippen LogP contribution in [0.4, 0.5) is 0 Å². The maximum absolute atomic E-state index is 3.64. The second-order valence-electron chi connectivity index (χ2n) is 5.42. The van der Waals surface area contributed by atoms with Crippen molar-refractivity contribution in [2.75, 3.05) is 13.1 Å². The fourth-order valence-electron chi connectivity index (χ4n) is 2.92. The quantitative estimate of drug-likeness (QED) is 0.612. The van der Waals surface area contributed by atoms with E-state index in [0.29, 0.717) is 5.54 Å². The Morgan fingerprint density at radius 2 is 2.00 bits per heavy atom. The van der Waals surface area contributed by atoms with Crippen LogP contribution in [0.25, 0.3) is 0 Å². The summed E-state index contributed by atoms with van der Waals surface area (Å²) in [5.74, 6) is 0. The molecule has 0 aromatic heterocycles. The van der Waals surface area contributed by atoms with Crippen molar-refractivity contribution in [3.8, 4) is 0 Å². The van der Waals surface area contributed by atoms with Gasteiger partial charge >= 0.3 is 0 Å². The van der Waals surface area contributed by atoms with E-state index in [4.69, 9.17) is 0 Å². The summed E-state index contributed by atoms with van der Waals surface area (Å²) in [5.41, 5.74) is 0.357. The highest BCUT2D eigenvalue weighted by Gasteiger charge is 2.39. The molecule has 0 aromatic rings. The van der Waals surface area contributed by atoms with Crippen molar-refractivity contribution >= 4 is 0 Å². The summed E-state index contributed by atoms with van der Waals surface area (Å²) in [4.78, 5) is 2.70. The molecule has 1 aliphatic carbocycles. The number of rotatable bonds is 0. The highest BCUT2D eigenvalue weighted by Crippen LogP contribution is 2.31. The van der Waals surface area contributed by atoms with Crippen LogP contribution < -0.4 is 5.32 Å². The lowest BCUT2D eigenvalue weighted by Crippen LogP contribution is -2.60. The van der Waals surface area contributed by atoms with Crippen molar-refractivity contribution in [2.45, 2.75) is 57.7 Å². The third-order valence-electron chi connectivity index (χ3n) is 3.50. The van der Waals surface area contributed by atoms with E-state index in [1.54, 1.807) is 0 Å². The van der Waals surface area contributed by atoms with E-state index in [2.05, 4.69) is 31.0 Å². The first-order chi connectivity index (χ1) is 6.09. The summed E-state index contributed by atoms with van der Waals surface area (Å²) < 4.78 is 0. The molecule has 2 rings (SSSR count). The standard InChI is InChI=1S/C11H22N2/c1-11(2,3)13-8-7-12-9-5-4-6-10(9)13/h9-10,12H,4-8H2,1-3H3. The summed E-state index contributed by atoms with van der Waals surface area (Å²) >= 11 is 0. The Morgan fingerprint density at radius 1 is 1.23 bits per heavy atom. The van der Waals surface area contributed by atoms with Crippen LogP contribution in [-0.2, 0) is 0 Å². The first-order valence-electron chi connectivity index (χ1n) is 5.59. The molecule has 0 radical (unpaired) electrons. The zero-order valence-corrected chi connectivity index (χ0v) is 9.14. The van der Waals surface area contributed by atoms with Crippen molar-refractivity contribution < 1.29 is 0 Å². The first kappa shape index (κ1) is 9.47. The largest absolute Gasteiger partial charge is 0.311 e. The molecule has 2 heteroatoms. The van der Waals surface area contributed by atoms with Crippen LogP contribution in [0.2, 0.25) is 0 Å². The smallest absolute Gasteiger partial charge is 0.0255 e. The Morgan fingerprint density at radius 3 is 2.69 bits per heavy atom. The first-order valence-corrected chi connectivity index (χ1v) is 5.59. The van der Waals surface area contributed by atoms with Crippen molar-refractivity contribution in [3.63, 3.8) is 0 Å². The second kappa shape index (κ2) is 3.25. The van der Waals surface area contributed by atoms with Gasteiger partial charge in [-0.15, -0.1) is 0 Å². The summed E-state index contributed by atoms with van der Waals surface area (Å²) in [6, 6.07) is 1.60. The minimum atomic E-state index is 0.357. The zero-order chi connectivity index (χ0) is 9.47. The van der Waals surface area contributed by atoms with Gasteiger partial charge in [-0.25, -0.2) is 0 Å². The molecule has 76 valence electrons. The van der Waals surface area contributed by atoms with E-state index >= 15 is 0 Å². The third-order valence-corrected chi connectivity index (χ3v) is 3.50. The molecule has 0 aromatic carbocycles. The van der Waals surface area contributed by atoms with E-state index in [1.807, 2.05) is 0 Å². The van der Waals surface area contributed by atoms with Gasteiger partial charge in [0.1, 0.15) is 0 Å². The van der Waals surface area contributed by atoms with E-state index in [1.165, 1.54) is 32.4 Å². The molecule has 2 unspecified atom stereocenters.